The van der Waals surface area contributed by atoms with Gasteiger partial charge in [-0.3, -0.25) is 24.7 Å². The second-order valence-corrected chi connectivity index (χ2v) is 26.1. The number of para-hydroxylation sites is 1. The quantitative estimate of drug-likeness (QED) is 0.0602. The van der Waals surface area contributed by atoms with E-state index < -0.39 is 43.1 Å². The van der Waals surface area contributed by atoms with Gasteiger partial charge in [-0.25, -0.2) is 13.1 Å². The summed E-state index contributed by atoms with van der Waals surface area (Å²) in [5.74, 6) is 0.648. The molecule has 6 fully saturated rings. The fourth-order valence-electron chi connectivity index (χ4n) is 14.4. The number of anilines is 4. The Morgan fingerprint density at radius 2 is 1.71 bits per heavy atom. The maximum atomic E-state index is 14.9. The molecule has 4 N–H and O–H groups in total. The number of nitrogens with one attached hydrogen (secondary N) is 3. The highest BCUT2D eigenvalue weighted by molar-refractivity contribution is 7.90. The standard InChI is InChI=1S/C60H77N9O10S/c1-38(2)78-54-8-6-5-7-46(54)53-36-65(42-16-26-76-27-17-42)24-25-67(53)44-33-60(34-44)21-23-66(39(3)32-60)43-9-11-47(50(30-43)68-49-18-28-77-37-55(49)79-58-52(68)29-41-15-22-61-56(41)63-58)57(70)64-80(74,75)45-10-12-48(51(31-45)69(72)73)62-35-40-13-19-59(4,71)20-14-40/h5-12,15,22,29-31,38-40,42,44,49,53,55,62,71H,13-14,16-21,23-28,32-37H2,1-4H3,(H,61,63)(H,64,70)/t39-,40?,44?,49-,53-,55-,59?,60?/m0/s1. The lowest BCUT2D eigenvalue weighted by Gasteiger charge is -2.60. The summed E-state index contributed by atoms with van der Waals surface area (Å²) in [6, 6.07) is 22.9. The molecule has 5 aliphatic heterocycles. The van der Waals surface area contributed by atoms with E-state index in [4.69, 9.17) is 23.9 Å². The molecular weight excluding hydrogens is 1040 g/mol. The van der Waals surface area contributed by atoms with Crippen molar-refractivity contribution in [3.63, 3.8) is 0 Å². The fraction of sp³-hybridized carbons (Fsp3) is 0.567. The van der Waals surface area contributed by atoms with Crippen LogP contribution in [0.25, 0.3) is 11.0 Å². The van der Waals surface area contributed by atoms with Gasteiger partial charge in [0.15, 0.2) is 0 Å². The molecule has 3 aromatic carbocycles. The average molecular weight is 1120 g/mol. The van der Waals surface area contributed by atoms with Gasteiger partial charge >= 0.3 is 0 Å². The van der Waals surface area contributed by atoms with Gasteiger partial charge in [-0.2, -0.15) is 4.98 Å². The summed E-state index contributed by atoms with van der Waals surface area (Å²) in [5.41, 5.74) is 3.28. The van der Waals surface area contributed by atoms with E-state index in [1.54, 1.807) is 6.07 Å². The first kappa shape index (κ1) is 54.6. The van der Waals surface area contributed by atoms with E-state index in [0.29, 0.717) is 74.0 Å². The van der Waals surface area contributed by atoms with E-state index in [9.17, 15) is 28.4 Å². The Morgan fingerprint density at radius 1 is 0.925 bits per heavy atom. The van der Waals surface area contributed by atoms with Gasteiger partial charge < -0.3 is 44.2 Å². The number of carbonyl (C=O) groups excluding carboxylic acids is 1. The molecule has 2 saturated carbocycles. The number of aromatic amines is 1. The molecule has 7 heterocycles. The van der Waals surface area contributed by atoms with Gasteiger partial charge in [0.1, 0.15) is 28.9 Å². The van der Waals surface area contributed by atoms with Crippen molar-refractivity contribution >= 4 is 55.4 Å². The smallest absolute Gasteiger partial charge is 0.293 e. The number of sulfonamides is 1. The topological polar surface area (TPSA) is 217 Å². The predicted octanol–water partition coefficient (Wildman–Crippen LogP) is 9.09. The SMILES string of the molecule is CC(C)Oc1ccccc1[C@@H]1CN(C2CCOCC2)CCN1C1CC2(CCN(c3ccc(C(=O)NS(=O)(=O)c4ccc(NCC5CCC(C)(O)CC5)c([N+](=O)[O-])c4)c(N4c5cc6cc[nH]c6nc5O[C@H]5COCC[C@@H]54)c3)[C@@H](C)C2)C1. The molecule has 2 aliphatic carbocycles. The minimum absolute atomic E-state index is 0.0683. The molecule has 5 aromatic rings. The zero-order chi connectivity index (χ0) is 55.5. The van der Waals surface area contributed by atoms with Crippen molar-refractivity contribution in [2.45, 2.75) is 151 Å². The van der Waals surface area contributed by atoms with E-state index in [-0.39, 0.29) is 46.8 Å². The van der Waals surface area contributed by atoms with Crippen LogP contribution in [0.4, 0.5) is 28.4 Å². The number of aromatic nitrogens is 2. The zero-order valence-electron chi connectivity index (χ0n) is 46.5. The molecule has 0 radical (unpaired) electrons. The minimum Gasteiger partial charge on any atom is -0.491 e. The first-order valence-electron chi connectivity index (χ1n) is 29.1. The third-order valence-corrected chi connectivity index (χ3v) is 20.0. The van der Waals surface area contributed by atoms with Crippen molar-refractivity contribution in [1.82, 2.24) is 24.5 Å². The fourth-order valence-corrected chi connectivity index (χ4v) is 15.4. The number of nitro benzene ring substituents is 1. The first-order valence-corrected chi connectivity index (χ1v) is 30.6. The summed E-state index contributed by atoms with van der Waals surface area (Å²) in [5, 5.41) is 26.9. The van der Waals surface area contributed by atoms with Gasteiger partial charge in [0.2, 0.25) is 5.88 Å². The largest absolute Gasteiger partial charge is 0.491 e. The van der Waals surface area contributed by atoms with Crippen molar-refractivity contribution in [1.29, 1.82) is 0 Å². The van der Waals surface area contributed by atoms with E-state index in [2.05, 4.69) is 79.7 Å². The zero-order valence-corrected chi connectivity index (χ0v) is 47.3. The number of rotatable bonds is 14. The van der Waals surface area contributed by atoms with Gasteiger partial charge in [0, 0.05) is 99.6 Å². The van der Waals surface area contributed by atoms with Crippen LogP contribution in [0.2, 0.25) is 0 Å². The van der Waals surface area contributed by atoms with Crippen LogP contribution in [-0.4, -0.2) is 145 Å². The Kier molecular flexibility index (Phi) is 15.0. The number of carbonyl (C=O) groups is 1. The summed E-state index contributed by atoms with van der Waals surface area (Å²) < 4.78 is 55.7. The molecule has 20 heteroatoms. The normalized spacial score (nSPS) is 28.7. The number of nitrogens with zero attached hydrogens (tertiary/aromatic N) is 6. The molecule has 2 aromatic heterocycles. The number of piperidine rings is 1. The monoisotopic (exact) mass is 1120 g/mol. The van der Waals surface area contributed by atoms with Crippen molar-refractivity contribution in [2.24, 2.45) is 11.3 Å². The lowest BCUT2D eigenvalue weighted by molar-refractivity contribution is -0.384. The molecule has 7 aliphatic rings. The number of hydrogen-bond donors (Lipinski definition) is 4. The summed E-state index contributed by atoms with van der Waals surface area (Å²) in [6.45, 7) is 14.9. The Bertz CT molecular complexity index is 3200. The Hall–Kier alpha value is -6.03. The maximum absolute atomic E-state index is 14.9. The Morgan fingerprint density at radius 3 is 2.49 bits per heavy atom. The van der Waals surface area contributed by atoms with E-state index in [1.165, 1.54) is 17.7 Å². The number of amides is 1. The molecule has 1 spiro atoms. The molecule has 4 saturated heterocycles. The number of piperazine rings is 1. The van der Waals surface area contributed by atoms with E-state index in [0.717, 1.165) is 114 Å². The number of benzene rings is 3. The van der Waals surface area contributed by atoms with Crippen molar-refractivity contribution in [3.8, 4) is 11.6 Å². The highest BCUT2D eigenvalue weighted by atomic mass is 32.2. The molecule has 0 bridgehead atoms. The number of nitro groups is 1. The number of pyridine rings is 1. The number of aliphatic hydroxyl groups is 1. The number of fused-ring (bicyclic) bond motifs is 3. The third kappa shape index (κ3) is 10.9. The molecule has 4 atom stereocenters. The van der Waals surface area contributed by atoms with Gasteiger partial charge in [-0.05, 0) is 158 Å². The molecule has 1 amide bonds. The highest BCUT2D eigenvalue weighted by Crippen LogP contribution is 2.55. The Balaban J connectivity index is 0.816. The molecule has 19 nitrogen and oxygen atoms in total. The van der Waals surface area contributed by atoms with Gasteiger partial charge in [0.05, 0.1) is 51.5 Å². The van der Waals surface area contributed by atoms with Crippen LogP contribution in [0.3, 0.4) is 0 Å². The van der Waals surface area contributed by atoms with Gasteiger partial charge in [0.25, 0.3) is 21.6 Å². The van der Waals surface area contributed by atoms with Crippen molar-refractivity contribution in [2.75, 3.05) is 74.3 Å². The van der Waals surface area contributed by atoms with E-state index in [1.807, 2.05) is 37.4 Å². The molecule has 0 unspecified atom stereocenters. The predicted molar refractivity (Wildman–Crippen MR) is 306 cm³/mol. The van der Waals surface area contributed by atoms with Gasteiger partial charge in [-0.15, -0.1) is 0 Å². The van der Waals surface area contributed by atoms with E-state index >= 15 is 0 Å². The van der Waals surface area contributed by atoms with Crippen LogP contribution in [0, 0.1) is 21.4 Å². The number of H-pyrrole nitrogens is 1. The molecule has 428 valence electrons. The second kappa shape index (κ2) is 22.0. The summed E-state index contributed by atoms with van der Waals surface area (Å²) in [4.78, 5) is 44.4. The van der Waals surface area contributed by atoms with Crippen LogP contribution >= 0.6 is 0 Å². The molecule has 12 rings (SSSR count). The van der Waals surface area contributed by atoms with Crippen LogP contribution in [0.15, 0.2) is 83.9 Å². The van der Waals surface area contributed by atoms with Crippen LogP contribution < -0.4 is 29.3 Å². The minimum atomic E-state index is -4.64. The highest BCUT2D eigenvalue weighted by Gasteiger charge is 2.52. The Labute approximate surface area is 468 Å². The maximum Gasteiger partial charge on any atom is 0.293 e. The molecule has 80 heavy (non-hydrogen) atoms. The second-order valence-electron chi connectivity index (χ2n) is 24.4. The first-order chi connectivity index (χ1) is 38.5. The summed E-state index contributed by atoms with van der Waals surface area (Å²) >= 11 is 0. The van der Waals surface area contributed by atoms with Crippen LogP contribution in [-0.2, 0) is 19.5 Å². The number of hydrogen-bond acceptors (Lipinski definition) is 16. The van der Waals surface area contributed by atoms with Crippen molar-refractivity contribution in [3.05, 3.63) is 100 Å². The van der Waals surface area contributed by atoms with Gasteiger partial charge in [-0.1, -0.05) is 18.2 Å². The van der Waals surface area contributed by atoms with Crippen molar-refractivity contribution < 1.29 is 42.2 Å². The third-order valence-electron chi connectivity index (χ3n) is 18.6. The summed E-state index contributed by atoms with van der Waals surface area (Å²) in [7, 11) is -4.64. The molecular formula is C60H77N9O10S. The lowest BCUT2D eigenvalue weighted by atomic mass is 9.58. The summed E-state index contributed by atoms with van der Waals surface area (Å²) in [6.07, 6.45) is 11.2. The number of ether oxygens (including phenoxy) is 4. The lowest BCUT2D eigenvalue weighted by Crippen LogP contribution is -2.62. The van der Waals surface area contributed by atoms with Crippen LogP contribution in [0.5, 0.6) is 11.6 Å². The van der Waals surface area contributed by atoms with Crippen LogP contribution in [0.1, 0.15) is 120 Å². The average Bonchev–Trinajstić information content (AvgIpc) is 3.93.